The molecule has 1 amide bonds. The number of rotatable bonds is 3. The van der Waals surface area contributed by atoms with Crippen LogP contribution in [0.2, 0.25) is 0 Å². The summed E-state index contributed by atoms with van der Waals surface area (Å²) in [6.07, 6.45) is -0.674. The van der Waals surface area contributed by atoms with Gasteiger partial charge in [0, 0.05) is 0 Å². The molecule has 1 rings (SSSR count). The highest BCUT2D eigenvalue weighted by atomic mass is 16.6. The summed E-state index contributed by atoms with van der Waals surface area (Å²) in [5.41, 5.74) is -0.632. The Morgan fingerprint density at radius 1 is 1.61 bits per heavy atom. The number of nitro groups is 1. The average molecular weight is 256 g/mol. The first-order valence-electron chi connectivity index (χ1n) is 5.45. The molecule has 0 saturated heterocycles. The Morgan fingerprint density at radius 3 is 2.67 bits per heavy atom. The van der Waals surface area contributed by atoms with Gasteiger partial charge in [-0.3, -0.25) is 5.32 Å². The van der Waals surface area contributed by atoms with Gasteiger partial charge < -0.3 is 14.9 Å². The second kappa shape index (κ2) is 5.03. The highest BCUT2D eigenvalue weighted by molar-refractivity contribution is 5.84. The number of aryl methyl sites for hydroxylation is 1. The summed E-state index contributed by atoms with van der Waals surface area (Å²) in [6.45, 7) is 7.35. The first kappa shape index (κ1) is 13.9. The number of carbonyl (C=O) groups is 1. The fraction of sp³-hybridized carbons (Fsp3) is 0.600. The standard InChI is InChI=1S/C10H16N4O4/c1-5-13-7(6-8(12-13)14(16)17)11-9(15)18-10(2,3)4/h6H,5H2,1-4H3,(H,11,15). The van der Waals surface area contributed by atoms with Crippen LogP contribution in [0.1, 0.15) is 27.7 Å². The highest BCUT2D eigenvalue weighted by Crippen LogP contribution is 2.18. The van der Waals surface area contributed by atoms with Crippen molar-refractivity contribution in [2.45, 2.75) is 39.8 Å². The number of amides is 1. The molecule has 8 heteroatoms. The van der Waals surface area contributed by atoms with Gasteiger partial charge in [-0.25, -0.2) is 4.79 Å². The van der Waals surface area contributed by atoms with Gasteiger partial charge in [-0.2, -0.15) is 4.68 Å². The molecular formula is C10H16N4O4. The first-order valence-corrected chi connectivity index (χ1v) is 5.45. The van der Waals surface area contributed by atoms with E-state index in [1.54, 1.807) is 27.7 Å². The minimum absolute atomic E-state index is 0.235. The Morgan fingerprint density at radius 2 is 2.22 bits per heavy atom. The Hall–Kier alpha value is -2.12. The predicted molar refractivity (Wildman–Crippen MR) is 64.4 cm³/mol. The Bertz CT molecular complexity index is 461. The third kappa shape index (κ3) is 3.72. The molecule has 0 radical (unpaired) electrons. The number of anilines is 1. The lowest BCUT2D eigenvalue weighted by atomic mass is 10.2. The van der Waals surface area contributed by atoms with Crippen LogP contribution in [0.5, 0.6) is 0 Å². The molecule has 0 aliphatic carbocycles. The average Bonchev–Trinajstić information content (AvgIpc) is 2.57. The molecular weight excluding hydrogens is 240 g/mol. The molecule has 1 aromatic heterocycles. The summed E-state index contributed by atoms with van der Waals surface area (Å²) >= 11 is 0. The van der Waals surface area contributed by atoms with Gasteiger partial charge in [0.1, 0.15) is 5.60 Å². The van der Waals surface area contributed by atoms with E-state index in [1.165, 1.54) is 10.7 Å². The maximum Gasteiger partial charge on any atom is 0.413 e. The summed E-state index contributed by atoms with van der Waals surface area (Å²) in [6, 6.07) is 1.19. The van der Waals surface area contributed by atoms with E-state index in [1.807, 2.05) is 0 Å². The topological polar surface area (TPSA) is 99.3 Å². The molecule has 0 unspecified atom stereocenters. The van der Waals surface area contributed by atoms with Crippen LogP contribution in [-0.2, 0) is 11.3 Å². The molecule has 0 aromatic carbocycles. The SMILES string of the molecule is CCn1nc([N+](=O)[O-])cc1NC(=O)OC(C)(C)C. The van der Waals surface area contributed by atoms with E-state index in [-0.39, 0.29) is 11.6 Å². The number of nitrogens with one attached hydrogen (secondary N) is 1. The highest BCUT2D eigenvalue weighted by Gasteiger charge is 2.21. The predicted octanol–water partition coefficient (Wildman–Crippen LogP) is 2.16. The van der Waals surface area contributed by atoms with E-state index >= 15 is 0 Å². The van der Waals surface area contributed by atoms with E-state index in [0.717, 1.165) is 0 Å². The van der Waals surface area contributed by atoms with Gasteiger partial charge in [-0.15, -0.1) is 0 Å². The van der Waals surface area contributed by atoms with Gasteiger partial charge in [0.2, 0.25) is 0 Å². The van der Waals surface area contributed by atoms with E-state index in [9.17, 15) is 14.9 Å². The number of aromatic nitrogens is 2. The molecule has 0 fully saturated rings. The number of nitrogens with zero attached hydrogens (tertiary/aromatic N) is 3. The van der Waals surface area contributed by atoms with Crippen molar-refractivity contribution in [3.63, 3.8) is 0 Å². The molecule has 0 aliphatic heterocycles. The summed E-state index contributed by atoms with van der Waals surface area (Å²) in [4.78, 5) is 21.5. The monoisotopic (exact) mass is 256 g/mol. The molecule has 1 heterocycles. The lowest BCUT2D eigenvalue weighted by molar-refractivity contribution is -0.389. The number of hydrogen-bond donors (Lipinski definition) is 1. The number of carbonyl (C=O) groups excluding carboxylic acids is 1. The van der Waals surface area contributed by atoms with Gasteiger partial charge in [0.15, 0.2) is 5.82 Å². The van der Waals surface area contributed by atoms with Crippen LogP contribution in [0.15, 0.2) is 6.07 Å². The van der Waals surface area contributed by atoms with Crippen LogP contribution < -0.4 is 5.32 Å². The fourth-order valence-electron chi connectivity index (χ4n) is 1.24. The Labute approximate surface area is 104 Å². The number of ether oxygens (including phenoxy) is 1. The largest absolute Gasteiger partial charge is 0.444 e. The lowest BCUT2D eigenvalue weighted by Gasteiger charge is -2.19. The summed E-state index contributed by atoms with van der Waals surface area (Å²) in [7, 11) is 0. The van der Waals surface area contributed by atoms with Crippen molar-refractivity contribution in [1.82, 2.24) is 9.78 Å². The number of hydrogen-bond acceptors (Lipinski definition) is 5. The maximum atomic E-state index is 11.5. The van der Waals surface area contributed by atoms with Gasteiger partial charge in [-0.1, -0.05) is 0 Å². The normalized spacial score (nSPS) is 11.1. The maximum absolute atomic E-state index is 11.5. The minimum atomic E-state index is -0.674. The lowest BCUT2D eigenvalue weighted by Crippen LogP contribution is -2.28. The smallest absolute Gasteiger partial charge is 0.413 e. The second-order valence-electron chi connectivity index (χ2n) is 4.59. The van der Waals surface area contributed by atoms with Crippen molar-refractivity contribution in [3.05, 3.63) is 16.2 Å². The molecule has 18 heavy (non-hydrogen) atoms. The zero-order chi connectivity index (χ0) is 13.9. The second-order valence-corrected chi connectivity index (χ2v) is 4.59. The molecule has 0 aliphatic rings. The van der Waals surface area contributed by atoms with E-state index in [4.69, 9.17) is 4.74 Å². The van der Waals surface area contributed by atoms with Crippen molar-refractivity contribution in [3.8, 4) is 0 Å². The summed E-state index contributed by atoms with van der Waals surface area (Å²) in [5.74, 6) is -0.0821. The zero-order valence-corrected chi connectivity index (χ0v) is 10.8. The van der Waals surface area contributed by atoms with Crippen LogP contribution in [0.4, 0.5) is 16.4 Å². The van der Waals surface area contributed by atoms with Crippen molar-refractivity contribution >= 4 is 17.7 Å². The van der Waals surface area contributed by atoms with E-state index in [0.29, 0.717) is 6.54 Å². The summed E-state index contributed by atoms with van der Waals surface area (Å²) < 4.78 is 6.37. The van der Waals surface area contributed by atoms with Crippen LogP contribution in [0.3, 0.4) is 0 Å². The fourth-order valence-corrected chi connectivity index (χ4v) is 1.24. The van der Waals surface area contributed by atoms with Crippen molar-refractivity contribution < 1.29 is 14.5 Å². The molecule has 0 bridgehead atoms. The molecule has 0 atom stereocenters. The van der Waals surface area contributed by atoms with Gasteiger partial charge >= 0.3 is 11.9 Å². The zero-order valence-electron chi connectivity index (χ0n) is 10.8. The third-order valence-corrected chi connectivity index (χ3v) is 1.88. The van der Waals surface area contributed by atoms with Gasteiger partial charge in [0.05, 0.1) is 17.7 Å². The molecule has 1 aromatic rings. The van der Waals surface area contributed by atoms with Gasteiger partial charge in [0.25, 0.3) is 0 Å². The van der Waals surface area contributed by atoms with Gasteiger partial charge in [-0.05, 0) is 32.6 Å². The molecule has 1 N–H and O–H groups in total. The first-order chi connectivity index (χ1) is 8.23. The van der Waals surface area contributed by atoms with Crippen molar-refractivity contribution in [1.29, 1.82) is 0 Å². The van der Waals surface area contributed by atoms with Crippen molar-refractivity contribution in [2.75, 3.05) is 5.32 Å². The molecule has 0 saturated carbocycles. The molecule has 0 spiro atoms. The van der Waals surface area contributed by atoms with Crippen LogP contribution >= 0.6 is 0 Å². The quantitative estimate of drug-likeness (QED) is 0.659. The van der Waals surface area contributed by atoms with Crippen molar-refractivity contribution in [2.24, 2.45) is 0 Å². The van der Waals surface area contributed by atoms with Crippen LogP contribution in [0.25, 0.3) is 0 Å². The Balaban J connectivity index is 2.83. The van der Waals surface area contributed by atoms with E-state index < -0.39 is 16.6 Å². The summed E-state index contributed by atoms with van der Waals surface area (Å²) in [5, 5.41) is 16.7. The van der Waals surface area contributed by atoms with Crippen LogP contribution in [-0.4, -0.2) is 26.4 Å². The van der Waals surface area contributed by atoms with Crippen LogP contribution in [0, 0.1) is 10.1 Å². The molecule has 100 valence electrons. The van der Waals surface area contributed by atoms with E-state index in [2.05, 4.69) is 10.4 Å². The third-order valence-electron chi connectivity index (χ3n) is 1.88. The minimum Gasteiger partial charge on any atom is -0.444 e. The molecule has 8 nitrogen and oxygen atoms in total. The Kier molecular flexibility index (Phi) is 3.89.